The molecule has 1 aromatic carbocycles. The molecule has 6 heteroatoms. The topological polar surface area (TPSA) is 45.7 Å². The Balaban J connectivity index is 0.00000288. The molecular formula is C18H29FIN3O. The summed E-state index contributed by atoms with van der Waals surface area (Å²) in [6.45, 7) is 2.05. The van der Waals surface area contributed by atoms with E-state index in [2.05, 4.69) is 15.6 Å². The molecule has 1 aliphatic rings. The monoisotopic (exact) mass is 449 g/mol. The molecular weight excluding hydrogens is 420 g/mol. The van der Waals surface area contributed by atoms with E-state index in [0.29, 0.717) is 19.3 Å². The number of nitrogens with one attached hydrogen (secondary N) is 2. The molecule has 24 heavy (non-hydrogen) atoms. The summed E-state index contributed by atoms with van der Waals surface area (Å²) in [4.78, 5) is 4.18. The van der Waals surface area contributed by atoms with Crippen LogP contribution < -0.4 is 10.6 Å². The SMILES string of the molecule is CN=C(NCCOC1CCCCCC1)NCc1ccc(F)cc1.I. The Morgan fingerprint density at radius 3 is 2.42 bits per heavy atom. The minimum Gasteiger partial charge on any atom is -0.376 e. The number of ether oxygens (including phenoxy) is 1. The van der Waals surface area contributed by atoms with Gasteiger partial charge in [0.1, 0.15) is 5.82 Å². The van der Waals surface area contributed by atoms with E-state index in [1.807, 2.05) is 0 Å². The molecule has 136 valence electrons. The van der Waals surface area contributed by atoms with Crippen molar-refractivity contribution >= 4 is 29.9 Å². The van der Waals surface area contributed by atoms with Crippen molar-refractivity contribution in [1.29, 1.82) is 0 Å². The fourth-order valence-electron chi connectivity index (χ4n) is 2.81. The Kier molecular flexibility index (Phi) is 11.0. The first-order valence-electron chi connectivity index (χ1n) is 8.58. The number of hydrogen-bond acceptors (Lipinski definition) is 2. The second kappa shape index (κ2) is 12.5. The summed E-state index contributed by atoms with van der Waals surface area (Å²) in [5.74, 6) is 0.519. The summed E-state index contributed by atoms with van der Waals surface area (Å²) in [5.41, 5.74) is 1.02. The normalized spacial score (nSPS) is 16.2. The molecule has 1 aliphatic carbocycles. The van der Waals surface area contributed by atoms with Crippen molar-refractivity contribution in [3.05, 3.63) is 35.6 Å². The van der Waals surface area contributed by atoms with Crippen LogP contribution in [0.15, 0.2) is 29.3 Å². The van der Waals surface area contributed by atoms with Crippen molar-refractivity contribution < 1.29 is 9.13 Å². The molecule has 0 bridgehead atoms. The average molecular weight is 449 g/mol. The first-order chi connectivity index (χ1) is 11.3. The first kappa shape index (κ1) is 21.2. The highest BCUT2D eigenvalue weighted by Crippen LogP contribution is 2.19. The van der Waals surface area contributed by atoms with Crippen molar-refractivity contribution in [3.63, 3.8) is 0 Å². The quantitative estimate of drug-likeness (QED) is 0.228. The van der Waals surface area contributed by atoms with E-state index >= 15 is 0 Å². The van der Waals surface area contributed by atoms with Crippen LogP contribution in [0.1, 0.15) is 44.1 Å². The Morgan fingerprint density at radius 1 is 1.12 bits per heavy atom. The zero-order valence-corrected chi connectivity index (χ0v) is 16.7. The van der Waals surface area contributed by atoms with Crippen LogP contribution in [-0.4, -0.2) is 32.3 Å². The van der Waals surface area contributed by atoms with Crippen molar-refractivity contribution in [2.75, 3.05) is 20.2 Å². The van der Waals surface area contributed by atoms with Crippen molar-refractivity contribution in [2.45, 2.75) is 51.2 Å². The summed E-state index contributed by atoms with van der Waals surface area (Å²) in [6.07, 6.45) is 8.08. The van der Waals surface area contributed by atoms with Gasteiger partial charge in [0.15, 0.2) is 5.96 Å². The molecule has 0 unspecified atom stereocenters. The van der Waals surface area contributed by atoms with Gasteiger partial charge in [-0.15, -0.1) is 24.0 Å². The van der Waals surface area contributed by atoms with Gasteiger partial charge in [-0.3, -0.25) is 4.99 Å². The van der Waals surface area contributed by atoms with Gasteiger partial charge in [0.25, 0.3) is 0 Å². The maximum atomic E-state index is 12.9. The first-order valence-corrected chi connectivity index (χ1v) is 8.58. The van der Waals surface area contributed by atoms with Crippen LogP contribution in [0.5, 0.6) is 0 Å². The second-order valence-electron chi connectivity index (χ2n) is 5.96. The van der Waals surface area contributed by atoms with Crippen LogP contribution in [0.25, 0.3) is 0 Å². The third kappa shape index (κ3) is 8.28. The molecule has 0 radical (unpaired) electrons. The predicted molar refractivity (Wildman–Crippen MR) is 107 cm³/mol. The molecule has 4 nitrogen and oxygen atoms in total. The standard InChI is InChI=1S/C18H28FN3O.HI/c1-20-18(22-14-15-8-10-16(19)11-9-15)21-12-13-23-17-6-4-2-3-5-7-17;/h8-11,17H,2-7,12-14H2,1H3,(H2,20,21,22);1H. The number of nitrogens with zero attached hydrogens (tertiary/aromatic N) is 1. The van der Waals surface area contributed by atoms with Gasteiger partial charge in [-0.25, -0.2) is 4.39 Å². The van der Waals surface area contributed by atoms with Crippen molar-refractivity contribution in [1.82, 2.24) is 10.6 Å². The van der Waals surface area contributed by atoms with Gasteiger partial charge in [-0.2, -0.15) is 0 Å². The highest BCUT2D eigenvalue weighted by molar-refractivity contribution is 14.0. The van der Waals surface area contributed by atoms with Crippen LogP contribution >= 0.6 is 24.0 Å². The Bertz CT molecular complexity index is 474. The van der Waals surface area contributed by atoms with E-state index in [1.165, 1.54) is 50.7 Å². The largest absolute Gasteiger partial charge is 0.376 e. The van der Waals surface area contributed by atoms with E-state index in [0.717, 1.165) is 18.1 Å². The van der Waals surface area contributed by atoms with Crippen LogP contribution in [0.4, 0.5) is 4.39 Å². The molecule has 0 amide bonds. The lowest BCUT2D eigenvalue weighted by molar-refractivity contribution is 0.0468. The van der Waals surface area contributed by atoms with Gasteiger partial charge in [-0.1, -0.05) is 37.8 Å². The number of halogens is 2. The maximum Gasteiger partial charge on any atom is 0.191 e. The third-order valence-electron chi connectivity index (χ3n) is 4.15. The minimum absolute atomic E-state index is 0. The summed E-state index contributed by atoms with van der Waals surface area (Å²) in [7, 11) is 1.74. The predicted octanol–water partition coefficient (Wildman–Crippen LogP) is 3.85. The van der Waals surface area contributed by atoms with Gasteiger partial charge in [0, 0.05) is 20.1 Å². The molecule has 1 saturated carbocycles. The number of guanidine groups is 1. The molecule has 1 fully saturated rings. The average Bonchev–Trinajstić information content (AvgIpc) is 2.84. The molecule has 0 aromatic heterocycles. The van der Waals surface area contributed by atoms with E-state index in [4.69, 9.17) is 4.74 Å². The number of aliphatic imine (C=N–C) groups is 1. The maximum absolute atomic E-state index is 12.9. The van der Waals surface area contributed by atoms with Crippen LogP contribution in [0, 0.1) is 5.82 Å². The highest BCUT2D eigenvalue weighted by Gasteiger charge is 2.12. The van der Waals surface area contributed by atoms with Gasteiger partial charge in [0.05, 0.1) is 12.7 Å². The highest BCUT2D eigenvalue weighted by atomic mass is 127. The minimum atomic E-state index is -0.216. The molecule has 0 aliphatic heterocycles. The van der Waals surface area contributed by atoms with Crippen LogP contribution in [-0.2, 0) is 11.3 Å². The van der Waals surface area contributed by atoms with Gasteiger partial charge >= 0.3 is 0 Å². The van der Waals surface area contributed by atoms with E-state index in [-0.39, 0.29) is 29.8 Å². The van der Waals surface area contributed by atoms with Crippen molar-refractivity contribution in [3.8, 4) is 0 Å². The lowest BCUT2D eigenvalue weighted by atomic mass is 10.1. The van der Waals surface area contributed by atoms with E-state index < -0.39 is 0 Å². The zero-order chi connectivity index (χ0) is 16.3. The smallest absolute Gasteiger partial charge is 0.191 e. The van der Waals surface area contributed by atoms with E-state index in [9.17, 15) is 4.39 Å². The van der Waals surface area contributed by atoms with Crippen LogP contribution in [0.3, 0.4) is 0 Å². The lowest BCUT2D eigenvalue weighted by Crippen LogP contribution is -2.38. The zero-order valence-electron chi connectivity index (χ0n) is 14.4. The van der Waals surface area contributed by atoms with E-state index in [1.54, 1.807) is 19.2 Å². The third-order valence-corrected chi connectivity index (χ3v) is 4.15. The summed E-state index contributed by atoms with van der Waals surface area (Å²) in [6, 6.07) is 6.47. The van der Waals surface area contributed by atoms with Gasteiger partial charge in [0.2, 0.25) is 0 Å². The summed E-state index contributed by atoms with van der Waals surface area (Å²) >= 11 is 0. The molecule has 0 atom stereocenters. The lowest BCUT2D eigenvalue weighted by Gasteiger charge is -2.16. The number of rotatable bonds is 6. The number of benzene rings is 1. The molecule has 1 aromatic rings. The number of hydrogen-bond donors (Lipinski definition) is 2. The van der Waals surface area contributed by atoms with Gasteiger partial charge < -0.3 is 15.4 Å². The van der Waals surface area contributed by atoms with Gasteiger partial charge in [-0.05, 0) is 30.5 Å². The molecule has 2 rings (SSSR count). The van der Waals surface area contributed by atoms with Crippen molar-refractivity contribution in [2.24, 2.45) is 4.99 Å². The summed E-state index contributed by atoms with van der Waals surface area (Å²) < 4.78 is 18.8. The fraction of sp³-hybridized carbons (Fsp3) is 0.611. The summed E-state index contributed by atoms with van der Waals surface area (Å²) in [5, 5.41) is 6.46. The fourth-order valence-corrected chi connectivity index (χ4v) is 2.81. The van der Waals surface area contributed by atoms with Crippen LogP contribution in [0.2, 0.25) is 0 Å². The Morgan fingerprint density at radius 2 is 1.79 bits per heavy atom. The molecule has 0 heterocycles. The second-order valence-corrected chi connectivity index (χ2v) is 5.96. The molecule has 0 saturated heterocycles. The molecule has 0 spiro atoms. The Hall–Kier alpha value is -0.890. The molecule has 2 N–H and O–H groups in total. The Labute approximate surface area is 161 Å².